The van der Waals surface area contributed by atoms with Crippen LogP contribution in [0.15, 0.2) is 18.2 Å². The molecule has 2 N–H and O–H groups in total. The second kappa shape index (κ2) is 7.40. The van der Waals surface area contributed by atoms with Crippen molar-refractivity contribution in [1.82, 2.24) is 10.6 Å². The monoisotopic (exact) mass is 290 g/mol. The molecule has 1 saturated heterocycles. The summed E-state index contributed by atoms with van der Waals surface area (Å²) in [7, 11) is 0. The maximum atomic E-state index is 13.0. The van der Waals surface area contributed by atoms with Crippen molar-refractivity contribution in [3.8, 4) is 0 Å². The molecule has 1 aromatic rings. The Morgan fingerprint density at radius 2 is 1.95 bits per heavy atom. The number of hydrogen-bond acceptors (Lipinski definition) is 2. The molecule has 1 amide bonds. The van der Waals surface area contributed by atoms with Gasteiger partial charge in [-0.15, -0.1) is 12.4 Å². The van der Waals surface area contributed by atoms with Gasteiger partial charge in [0, 0.05) is 12.5 Å². The number of nitrogens with one attached hydrogen (secondary N) is 2. The molecule has 0 aromatic heterocycles. The molecule has 3 nitrogen and oxygen atoms in total. The number of amides is 1. The summed E-state index contributed by atoms with van der Waals surface area (Å²) in [5.74, 6) is -1.75. The molecule has 1 heterocycles. The lowest BCUT2D eigenvalue weighted by Gasteiger charge is -2.21. The van der Waals surface area contributed by atoms with Gasteiger partial charge in [-0.2, -0.15) is 0 Å². The fraction of sp³-hybridized carbons (Fsp3) is 0.462. The fourth-order valence-electron chi connectivity index (χ4n) is 2.07. The van der Waals surface area contributed by atoms with Gasteiger partial charge >= 0.3 is 0 Å². The Morgan fingerprint density at radius 3 is 2.58 bits per heavy atom. The van der Waals surface area contributed by atoms with Crippen LogP contribution in [-0.4, -0.2) is 19.0 Å². The summed E-state index contributed by atoms with van der Waals surface area (Å²) in [5.41, 5.74) is 0.566. The third-order valence-electron chi connectivity index (χ3n) is 3.16. The summed E-state index contributed by atoms with van der Waals surface area (Å²) in [6, 6.07) is 3.65. The molecule has 0 unspecified atom stereocenters. The number of hydrogen-bond donors (Lipinski definition) is 2. The van der Waals surface area contributed by atoms with Crippen LogP contribution in [0.3, 0.4) is 0 Å². The lowest BCUT2D eigenvalue weighted by Crippen LogP contribution is -2.37. The van der Waals surface area contributed by atoms with Gasteiger partial charge in [0.05, 0.1) is 0 Å². The van der Waals surface area contributed by atoms with Crippen molar-refractivity contribution in [3.05, 3.63) is 35.4 Å². The van der Waals surface area contributed by atoms with Gasteiger partial charge in [0.1, 0.15) is 0 Å². The smallest absolute Gasteiger partial charge is 0.223 e. The SMILES string of the molecule is Cl.O=C(NCc1ccc(F)c(F)c1)C1CCNCC1. The molecule has 1 fully saturated rings. The second-order valence-corrected chi connectivity index (χ2v) is 4.49. The summed E-state index contributed by atoms with van der Waals surface area (Å²) >= 11 is 0. The first-order chi connectivity index (χ1) is 8.66. The first-order valence-corrected chi connectivity index (χ1v) is 6.09. The number of rotatable bonds is 3. The van der Waals surface area contributed by atoms with Crippen LogP contribution in [0.1, 0.15) is 18.4 Å². The normalized spacial score (nSPS) is 15.7. The second-order valence-electron chi connectivity index (χ2n) is 4.49. The molecule has 6 heteroatoms. The van der Waals surface area contributed by atoms with Crippen molar-refractivity contribution >= 4 is 18.3 Å². The molecule has 19 heavy (non-hydrogen) atoms. The van der Waals surface area contributed by atoms with Crippen LogP contribution in [0.4, 0.5) is 8.78 Å². The summed E-state index contributed by atoms with van der Waals surface area (Å²) in [5, 5.41) is 5.95. The van der Waals surface area contributed by atoms with E-state index in [1.54, 1.807) is 0 Å². The van der Waals surface area contributed by atoms with E-state index in [1.807, 2.05) is 0 Å². The van der Waals surface area contributed by atoms with Crippen LogP contribution < -0.4 is 10.6 Å². The highest BCUT2D eigenvalue weighted by molar-refractivity contribution is 5.85. The Bertz CT molecular complexity index is 437. The highest BCUT2D eigenvalue weighted by Gasteiger charge is 2.20. The first-order valence-electron chi connectivity index (χ1n) is 6.09. The number of halogens is 3. The van der Waals surface area contributed by atoms with E-state index in [2.05, 4.69) is 10.6 Å². The number of carbonyl (C=O) groups is 1. The van der Waals surface area contributed by atoms with E-state index < -0.39 is 11.6 Å². The van der Waals surface area contributed by atoms with Gasteiger partial charge in [0.25, 0.3) is 0 Å². The van der Waals surface area contributed by atoms with Gasteiger partial charge in [-0.05, 0) is 43.6 Å². The third-order valence-corrected chi connectivity index (χ3v) is 3.16. The van der Waals surface area contributed by atoms with E-state index in [4.69, 9.17) is 0 Å². The Kier molecular flexibility index (Phi) is 6.18. The molecule has 0 saturated carbocycles. The molecule has 1 aliphatic rings. The summed E-state index contributed by atoms with van der Waals surface area (Å²) < 4.78 is 25.7. The van der Waals surface area contributed by atoms with Crippen LogP contribution >= 0.6 is 12.4 Å². The molecule has 106 valence electrons. The average molecular weight is 291 g/mol. The fourth-order valence-corrected chi connectivity index (χ4v) is 2.07. The van der Waals surface area contributed by atoms with E-state index in [0.29, 0.717) is 5.56 Å². The van der Waals surface area contributed by atoms with Gasteiger partial charge in [-0.25, -0.2) is 8.78 Å². The third kappa shape index (κ3) is 4.44. The van der Waals surface area contributed by atoms with Gasteiger partial charge in [-0.1, -0.05) is 6.07 Å². The van der Waals surface area contributed by atoms with Crippen molar-refractivity contribution in [3.63, 3.8) is 0 Å². The highest BCUT2D eigenvalue weighted by atomic mass is 35.5. The Hall–Kier alpha value is -1.20. The van der Waals surface area contributed by atoms with E-state index in [1.165, 1.54) is 6.07 Å². The number of carbonyl (C=O) groups excluding carboxylic acids is 1. The zero-order valence-electron chi connectivity index (χ0n) is 10.4. The van der Waals surface area contributed by atoms with Gasteiger partial charge in [-0.3, -0.25) is 4.79 Å². The van der Waals surface area contributed by atoms with Gasteiger partial charge in [0.2, 0.25) is 5.91 Å². The minimum Gasteiger partial charge on any atom is -0.352 e. The predicted octanol–water partition coefficient (Wildman–Crippen LogP) is 2.00. The molecular weight excluding hydrogens is 274 g/mol. The standard InChI is InChI=1S/C13H16F2N2O.ClH/c14-11-2-1-9(7-12(11)15)8-17-13(18)10-3-5-16-6-4-10;/h1-2,7,10,16H,3-6,8H2,(H,17,18);1H. The molecule has 2 rings (SSSR count). The topological polar surface area (TPSA) is 41.1 Å². The number of piperidine rings is 1. The van der Waals surface area contributed by atoms with Crippen LogP contribution in [-0.2, 0) is 11.3 Å². The average Bonchev–Trinajstić information content (AvgIpc) is 2.41. The van der Waals surface area contributed by atoms with Gasteiger partial charge in [0.15, 0.2) is 11.6 Å². The minimum absolute atomic E-state index is 0. The van der Waals surface area contributed by atoms with Crippen LogP contribution in [0.2, 0.25) is 0 Å². The number of benzene rings is 1. The lowest BCUT2D eigenvalue weighted by molar-refractivity contribution is -0.125. The molecule has 0 aliphatic carbocycles. The van der Waals surface area contributed by atoms with Crippen molar-refractivity contribution in [2.24, 2.45) is 5.92 Å². The maximum absolute atomic E-state index is 13.0. The van der Waals surface area contributed by atoms with E-state index in [0.717, 1.165) is 38.1 Å². The van der Waals surface area contributed by atoms with E-state index in [-0.39, 0.29) is 30.8 Å². The largest absolute Gasteiger partial charge is 0.352 e. The summed E-state index contributed by atoms with van der Waals surface area (Å²) in [6.45, 7) is 1.94. The van der Waals surface area contributed by atoms with E-state index in [9.17, 15) is 13.6 Å². The minimum atomic E-state index is -0.886. The molecule has 0 radical (unpaired) electrons. The molecule has 0 bridgehead atoms. The summed E-state index contributed by atoms with van der Waals surface area (Å²) in [6.07, 6.45) is 1.65. The Morgan fingerprint density at radius 1 is 1.26 bits per heavy atom. The maximum Gasteiger partial charge on any atom is 0.223 e. The molecule has 1 aliphatic heterocycles. The Labute approximate surface area is 117 Å². The first kappa shape index (κ1) is 15.9. The zero-order chi connectivity index (χ0) is 13.0. The molecule has 0 spiro atoms. The van der Waals surface area contributed by atoms with Crippen LogP contribution in [0.5, 0.6) is 0 Å². The lowest BCUT2D eigenvalue weighted by atomic mass is 9.97. The molecule has 0 atom stereocenters. The zero-order valence-corrected chi connectivity index (χ0v) is 11.2. The quantitative estimate of drug-likeness (QED) is 0.894. The predicted molar refractivity (Wildman–Crippen MR) is 71.0 cm³/mol. The van der Waals surface area contributed by atoms with Crippen molar-refractivity contribution in [1.29, 1.82) is 0 Å². The van der Waals surface area contributed by atoms with Crippen LogP contribution in [0, 0.1) is 17.6 Å². The highest BCUT2D eigenvalue weighted by Crippen LogP contribution is 2.12. The Balaban J connectivity index is 0.00000180. The molecule has 1 aromatic carbocycles. The van der Waals surface area contributed by atoms with Crippen molar-refractivity contribution in [2.75, 3.05) is 13.1 Å². The van der Waals surface area contributed by atoms with Crippen molar-refractivity contribution in [2.45, 2.75) is 19.4 Å². The van der Waals surface area contributed by atoms with Gasteiger partial charge < -0.3 is 10.6 Å². The van der Waals surface area contributed by atoms with Crippen molar-refractivity contribution < 1.29 is 13.6 Å². The molecular formula is C13H17ClF2N2O. The van der Waals surface area contributed by atoms with E-state index >= 15 is 0 Å². The van der Waals surface area contributed by atoms with Crippen LogP contribution in [0.25, 0.3) is 0 Å². The summed E-state index contributed by atoms with van der Waals surface area (Å²) in [4.78, 5) is 11.8.